The van der Waals surface area contributed by atoms with Gasteiger partial charge in [-0.1, -0.05) is 0 Å². The molecule has 158 valence electrons. The fourth-order valence-corrected chi connectivity index (χ4v) is 4.19. The van der Waals surface area contributed by atoms with Crippen LogP contribution >= 0.6 is 0 Å². The van der Waals surface area contributed by atoms with Crippen molar-refractivity contribution >= 4 is 16.8 Å². The Labute approximate surface area is 173 Å². The maximum absolute atomic E-state index is 13.7. The van der Waals surface area contributed by atoms with Crippen LogP contribution in [-0.2, 0) is 20.0 Å². The van der Waals surface area contributed by atoms with Gasteiger partial charge in [-0.15, -0.1) is 0 Å². The van der Waals surface area contributed by atoms with E-state index in [-0.39, 0.29) is 18.0 Å². The maximum Gasteiger partial charge on any atom is 0.256 e. The van der Waals surface area contributed by atoms with Crippen molar-refractivity contribution in [2.24, 2.45) is 7.05 Å². The molecule has 5 rings (SSSR count). The number of aromatic amines is 1. The average Bonchev–Trinajstić information content (AvgIpc) is 3.30. The topological polar surface area (TPSA) is 53.9 Å². The molecule has 0 aliphatic carbocycles. The first kappa shape index (κ1) is 19.3. The van der Waals surface area contributed by atoms with Gasteiger partial charge in [0.25, 0.3) is 5.91 Å². The highest BCUT2D eigenvalue weighted by atomic mass is 19.2. The van der Waals surface area contributed by atoms with E-state index < -0.39 is 23.3 Å². The van der Waals surface area contributed by atoms with Gasteiger partial charge in [0.1, 0.15) is 5.82 Å². The molecule has 0 spiro atoms. The second-order valence-electron chi connectivity index (χ2n) is 7.52. The number of H-pyrrole nitrogens is 1. The molecule has 4 aromatic rings. The highest BCUT2D eigenvalue weighted by Gasteiger charge is 2.29. The molecule has 0 bridgehead atoms. The van der Waals surface area contributed by atoms with Crippen LogP contribution in [0.15, 0.2) is 36.5 Å². The van der Waals surface area contributed by atoms with Crippen LogP contribution in [0.4, 0.5) is 17.6 Å². The predicted octanol–water partition coefficient (Wildman–Crippen LogP) is 4.32. The minimum Gasteiger partial charge on any atom is -0.360 e. The number of nitrogens with one attached hydrogen (secondary N) is 1. The number of aryl methyl sites for hydroxylation is 1. The molecule has 1 amide bonds. The Morgan fingerprint density at radius 2 is 1.84 bits per heavy atom. The lowest BCUT2D eigenvalue weighted by Gasteiger charge is -2.26. The van der Waals surface area contributed by atoms with Gasteiger partial charge in [-0.05, 0) is 36.8 Å². The number of hydrogen-bond acceptors (Lipinski definition) is 2. The highest BCUT2D eigenvalue weighted by molar-refractivity contribution is 6.06. The fraction of sp³-hybridized carbons (Fsp3) is 0.182. The van der Waals surface area contributed by atoms with E-state index in [9.17, 15) is 22.4 Å². The van der Waals surface area contributed by atoms with Gasteiger partial charge in [-0.2, -0.15) is 5.10 Å². The van der Waals surface area contributed by atoms with Gasteiger partial charge in [-0.3, -0.25) is 9.48 Å². The summed E-state index contributed by atoms with van der Waals surface area (Å²) in [5.74, 6) is -4.77. The quantitative estimate of drug-likeness (QED) is 0.382. The molecule has 2 aromatic carbocycles. The number of halogens is 4. The predicted molar refractivity (Wildman–Crippen MR) is 105 cm³/mol. The van der Waals surface area contributed by atoms with Crippen LogP contribution in [0.1, 0.15) is 21.6 Å². The molecular weight excluding hydrogens is 412 g/mol. The monoisotopic (exact) mass is 428 g/mol. The van der Waals surface area contributed by atoms with Crippen LogP contribution in [0.3, 0.4) is 0 Å². The first-order valence-electron chi connectivity index (χ1n) is 9.59. The zero-order chi connectivity index (χ0) is 21.9. The van der Waals surface area contributed by atoms with Crippen molar-refractivity contribution in [2.75, 3.05) is 6.54 Å². The molecule has 0 unspecified atom stereocenters. The molecule has 1 aliphatic rings. The van der Waals surface area contributed by atoms with Crippen molar-refractivity contribution in [1.82, 2.24) is 19.7 Å². The normalized spacial score (nSPS) is 13.6. The van der Waals surface area contributed by atoms with E-state index in [4.69, 9.17) is 0 Å². The maximum atomic E-state index is 13.7. The zero-order valence-corrected chi connectivity index (χ0v) is 16.3. The summed E-state index contributed by atoms with van der Waals surface area (Å²) in [5.41, 5.74) is 3.02. The zero-order valence-electron chi connectivity index (χ0n) is 16.3. The lowest BCUT2D eigenvalue weighted by Crippen LogP contribution is -2.35. The average molecular weight is 428 g/mol. The summed E-state index contributed by atoms with van der Waals surface area (Å²) >= 11 is 0. The van der Waals surface area contributed by atoms with Crippen molar-refractivity contribution in [2.45, 2.75) is 13.0 Å². The van der Waals surface area contributed by atoms with Crippen molar-refractivity contribution in [3.63, 3.8) is 0 Å². The van der Waals surface area contributed by atoms with Gasteiger partial charge >= 0.3 is 0 Å². The number of fused-ring (bicyclic) bond motifs is 2. The van der Waals surface area contributed by atoms with Gasteiger partial charge < -0.3 is 9.88 Å². The number of carbonyl (C=O) groups is 1. The number of rotatable bonds is 2. The largest absolute Gasteiger partial charge is 0.360 e. The Bertz CT molecular complexity index is 1330. The van der Waals surface area contributed by atoms with E-state index in [0.717, 1.165) is 17.7 Å². The summed E-state index contributed by atoms with van der Waals surface area (Å²) in [4.78, 5) is 17.7. The summed E-state index contributed by atoms with van der Waals surface area (Å²) in [7, 11) is 1.63. The summed E-state index contributed by atoms with van der Waals surface area (Å²) in [5, 5.41) is 4.91. The molecular formula is C22H16F4N4O. The molecule has 9 heteroatoms. The first-order chi connectivity index (χ1) is 14.8. The summed E-state index contributed by atoms with van der Waals surface area (Å²) in [6, 6.07) is 6.07. The van der Waals surface area contributed by atoms with Gasteiger partial charge in [0.15, 0.2) is 17.5 Å². The van der Waals surface area contributed by atoms with Gasteiger partial charge in [0.05, 0.1) is 23.5 Å². The fourth-order valence-electron chi connectivity index (χ4n) is 4.19. The van der Waals surface area contributed by atoms with Gasteiger partial charge in [0.2, 0.25) is 0 Å². The third-order valence-electron chi connectivity index (χ3n) is 5.62. The Kier molecular flexibility index (Phi) is 4.35. The number of carbonyl (C=O) groups excluding carboxylic acids is 1. The standard InChI is InChI=1S/C22H16F4N4O/c1-29-21(11-6-16(24)20(26)17(25)7-11)13-4-5-30(10-19(13)28-29)22(31)15-9-27-18-3-2-12(23)8-14(15)18/h2-3,6-9,27H,4-5,10H2,1H3. The van der Waals surface area contributed by atoms with Crippen LogP contribution in [0.2, 0.25) is 0 Å². The van der Waals surface area contributed by atoms with Crippen molar-refractivity contribution < 1.29 is 22.4 Å². The molecule has 1 N–H and O–H groups in total. The SMILES string of the molecule is Cn1nc2c(c1-c1cc(F)c(F)c(F)c1)CCN(C(=O)c1c[nH]c3ccc(F)cc13)C2. The molecule has 0 saturated carbocycles. The highest BCUT2D eigenvalue weighted by Crippen LogP contribution is 2.32. The summed E-state index contributed by atoms with van der Waals surface area (Å²) in [6.07, 6.45) is 1.96. The lowest BCUT2D eigenvalue weighted by atomic mass is 9.99. The Morgan fingerprint density at radius 1 is 1.10 bits per heavy atom. The molecule has 31 heavy (non-hydrogen) atoms. The molecule has 2 aromatic heterocycles. The first-order valence-corrected chi connectivity index (χ1v) is 9.59. The van der Waals surface area contributed by atoms with E-state index in [1.807, 2.05) is 0 Å². The molecule has 0 radical (unpaired) electrons. The van der Waals surface area contributed by atoms with E-state index in [1.165, 1.54) is 16.8 Å². The second-order valence-corrected chi connectivity index (χ2v) is 7.52. The molecule has 3 heterocycles. The smallest absolute Gasteiger partial charge is 0.256 e. The minimum atomic E-state index is -1.52. The van der Waals surface area contributed by atoms with Crippen molar-refractivity contribution in [3.8, 4) is 11.3 Å². The number of nitrogens with zero attached hydrogens (tertiary/aromatic N) is 3. The second kappa shape index (κ2) is 6.97. The third kappa shape index (κ3) is 3.08. The van der Waals surface area contributed by atoms with Crippen LogP contribution in [0, 0.1) is 23.3 Å². The molecule has 0 atom stereocenters. The van der Waals surface area contributed by atoms with Gasteiger partial charge in [0, 0.05) is 41.8 Å². The number of benzene rings is 2. The van der Waals surface area contributed by atoms with Crippen molar-refractivity contribution in [1.29, 1.82) is 0 Å². The van der Waals surface area contributed by atoms with E-state index in [2.05, 4.69) is 10.1 Å². The Hall–Kier alpha value is -3.62. The minimum absolute atomic E-state index is 0.180. The van der Waals surface area contributed by atoms with E-state index in [1.54, 1.807) is 24.2 Å². The van der Waals surface area contributed by atoms with Crippen LogP contribution in [0.25, 0.3) is 22.2 Å². The van der Waals surface area contributed by atoms with Crippen LogP contribution in [-0.4, -0.2) is 32.1 Å². The van der Waals surface area contributed by atoms with E-state index >= 15 is 0 Å². The molecule has 0 saturated heterocycles. The van der Waals surface area contributed by atoms with E-state index in [0.29, 0.717) is 40.8 Å². The van der Waals surface area contributed by atoms with Crippen LogP contribution < -0.4 is 0 Å². The third-order valence-corrected chi connectivity index (χ3v) is 5.62. The summed E-state index contributed by atoms with van der Waals surface area (Å²) in [6.45, 7) is 0.537. The summed E-state index contributed by atoms with van der Waals surface area (Å²) < 4.78 is 56.0. The number of aromatic nitrogens is 3. The van der Waals surface area contributed by atoms with Crippen molar-refractivity contribution in [3.05, 3.63) is 76.6 Å². The molecule has 0 fully saturated rings. The number of amides is 1. The number of hydrogen-bond donors (Lipinski definition) is 1. The Morgan fingerprint density at radius 3 is 2.58 bits per heavy atom. The van der Waals surface area contributed by atoms with Gasteiger partial charge in [-0.25, -0.2) is 17.6 Å². The molecule has 5 nitrogen and oxygen atoms in total. The molecule has 1 aliphatic heterocycles. The van der Waals surface area contributed by atoms with Crippen LogP contribution in [0.5, 0.6) is 0 Å². The Balaban J connectivity index is 1.49. The lowest BCUT2D eigenvalue weighted by molar-refractivity contribution is 0.0734.